The second-order valence-corrected chi connectivity index (χ2v) is 8.14. The molecule has 5 heteroatoms. The molecule has 3 aromatic carbocycles. The summed E-state index contributed by atoms with van der Waals surface area (Å²) in [4.78, 5) is 13.2. The second kappa shape index (κ2) is 10.0. The third-order valence-corrected chi connectivity index (χ3v) is 6.19. The van der Waals surface area contributed by atoms with Crippen molar-refractivity contribution < 1.29 is 4.79 Å². The van der Waals surface area contributed by atoms with E-state index in [2.05, 4.69) is 10.5 Å². The molecule has 3 nitrogen and oxygen atoms in total. The quantitative estimate of drug-likeness (QED) is 0.252. The Bertz CT molecular complexity index is 1220. The minimum absolute atomic E-state index is 0.329. The van der Waals surface area contributed by atoms with Gasteiger partial charge in [-0.2, -0.15) is 5.10 Å². The average molecular weight is 443 g/mol. The Labute approximate surface area is 190 Å². The predicted molar refractivity (Wildman–Crippen MR) is 133 cm³/mol. The van der Waals surface area contributed by atoms with Crippen LogP contribution in [0.2, 0.25) is 5.02 Å². The molecule has 0 saturated heterocycles. The monoisotopic (exact) mass is 442 g/mol. The molecular formula is C26H19ClN2OS. The van der Waals surface area contributed by atoms with Crippen molar-refractivity contribution in [3.8, 4) is 0 Å². The first-order valence-electron chi connectivity index (χ1n) is 9.72. The number of hydrogen-bond donors (Lipinski definition) is 1. The number of rotatable bonds is 6. The summed E-state index contributed by atoms with van der Waals surface area (Å²) < 4.78 is 0.967. The maximum absolute atomic E-state index is 12.7. The molecule has 4 aromatic rings. The van der Waals surface area contributed by atoms with Crippen LogP contribution in [0.15, 0.2) is 102 Å². The number of benzene rings is 3. The van der Waals surface area contributed by atoms with Crippen molar-refractivity contribution in [1.29, 1.82) is 0 Å². The first-order valence-corrected chi connectivity index (χ1v) is 10.9. The molecule has 0 aliphatic heterocycles. The van der Waals surface area contributed by atoms with E-state index in [0.717, 1.165) is 21.2 Å². The number of allylic oxidation sites excluding steroid dienone is 2. The van der Waals surface area contributed by atoms with E-state index in [1.165, 1.54) is 11.3 Å². The Hall–Kier alpha value is -3.47. The van der Waals surface area contributed by atoms with E-state index in [0.29, 0.717) is 15.6 Å². The van der Waals surface area contributed by atoms with Crippen LogP contribution in [0, 0.1) is 0 Å². The Morgan fingerprint density at radius 2 is 1.35 bits per heavy atom. The standard InChI is InChI=1S/C26H19ClN2OS/c27-24-22-13-7-8-14-23(22)31-25(24)26(30)29-28-21(17-15-19-9-3-1-4-10-19)18-16-20-11-5-2-6-12-20/h1-18H,(H,29,30)/b17-15-,18-16-. The van der Waals surface area contributed by atoms with E-state index in [9.17, 15) is 4.79 Å². The summed E-state index contributed by atoms with van der Waals surface area (Å²) in [7, 11) is 0. The molecule has 0 bridgehead atoms. The maximum atomic E-state index is 12.7. The molecule has 1 aromatic heterocycles. The minimum atomic E-state index is -0.329. The smallest absolute Gasteiger partial charge is 0.266 e. The van der Waals surface area contributed by atoms with Crippen LogP contribution in [0.25, 0.3) is 22.2 Å². The summed E-state index contributed by atoms with van der Waals surface area (Å²) >= 11 is 7.78. The Balaban J connectivity index is 1.58. The minimum Gasteiger partial charge on any atom is -0.266 e. The van der Waals surface area contributed by atoms with Gasteiger partial charge in [-0.1, -0.05) is 103 Å². The third-order valence-electron chi connectivity index (χ3n) is 4.52. The highest BCUT2D eigenvalue weighted by atomic mass is 35.5. The number of fused-ring (bicyclic) bond motifs is 1. The molecule has 1 N–H and O–H groups in total. The number of hydrazone groups is 1. The van der Waals surface area contributed by atoms with Crippen LogP contribution in [0.3, 0.4) is 0 Å². The van der Waals surface area contributed by atoms with Crippen molar-refractivity contribution in [1.82, 2.24) is 5.43 Å². The van der Waals surface area contributed by atoms with Gasteiger partial charge in [0.05, 0.1) is 10.7 Å². The highest BCUT2D eigenvalue weighted by Crippen LogP contribution is 2.34. The van der Waals surface area contributed by atoms with Crippen LogP contribution < -0.4 is 5.43 Å². The van der Waals surface area contributed by atoms with Gasteiger partial charge >= 0.3 is 0 Å². The summed E-state index contributed by atoms with van der Waals surface area (Å²) in [5, 5.41) is 5.66. The summed E-state index contributed by atoms with van der Waals surface area (Å²) in [5.74, 6) is -0.329. The van der Waals surface area contributed by atoms with Gasteiger partial charge in [-0.05, 0) is 29.3 Å². The largest absolute Gasteiger partial charge is 0.283 e. The normalized spacial score (nSPS) is 11.3. The van der Waals surface area contributed by atoms with Gasteiger partial charge in [0.15, 0.2) is 0 Å². The Kier molecular flexibility index (Phi) is 6.72. The van der Waals surface area contributed by atoms with Gasteiger partial charge in [0.2, 0.25) is 0 Å². The lowest BCUT2D eigenvalue weighted by molar-refractivity contribution is 0.0959. The molecule has 0 unspecified atom stereocenters. The van der Waals surface area contributed by atoms with E-state index in [-0.39, 0.29) is 5.91 Å². The highest BCUT2D eigenvalue weighted by Gasteiger charge is 2.16. The van der Waals surface area contributed by atoms with E-state index >= 15 is 0 Å². The summed E-state index contributed by atoms with van der Waals surface area (Å²) in [6.07, 6.45) is 7.63. The molecule has 152 valence electrons. The topological polar surface area (TPSA) is 41.5 Å². The summed E-state index contributed by atoms with van der Waals surface area (Å²) in [6.45, 7) is 0. The fourth-order valence-corrected chi connectivity index (χ4v) is 4.35. The van der Waals surface area contributed by atoms with E-state index < -0.39 is 0 Å². The van der Waals surface area contributed by atoms with Gasteiger partial charge in [0.1, 0.15) is 4.88 Å². The number of amides is 1. The molecule has 0 aliphatic rings. The lowest BCUT2D eigenvalue weighted by Crippen LogP contribution is -2.18. The van der Waals surface area contributed by atoms with Gasteiger partial charge in [-0.3, -0.25) is 4.79 Å². The zero-order valence-electron chi connectivity index (χ0n) is 16.5. The number of thiophene rings is 1. The number of nitrogens with zero attached hydrogens (tertiary/aromatic N) is 1. The molecule has 0 aliphatic carbocycles. The van der Waals surface area contributed by atoms with Crippen LogP contribution in [-0.2, 0) is 0 Å². The summed E-state index contributed by atoms with van der Waals surface area (Å²) in [5.41, 5.74) is 5.34. The van der Waals surface area contributed by atoms with Gasteiger partial charge < -0.3 is 0 Å². The first kappa shape index (κ1) is 20.8. The van der Waals surface area contributed by atoms with Crippen molar-refractivity contribution in [3.63, 3.8) is 0 Å². The third kappa shape index (κ3) is 5.37. The van der Waals surface area contributed by atoms with Gasteiger partial charge in [-0.15, -0.1) is 11.3 Å². The number of hydrogen-bond acceptors (Lipinski definition) is 3. The van der Waals surface area contributed by atoms with Crippen molar-refractivity contribution in [2.24, 2.45) is 5.10 Å². The van der Waals surface area contributed by atoms with E-state index in [1.54, 1.807) is 0 Å². The van der Waals surface area contributed by atoms with Gasteiger partial charge in [-0.25, -0.2) is 5.43 Å². The van der Waals surface area contributed by atoms with Gasteiger partial charge in [0.25, 0.3) is 5.91 Å². The molecule has 0 spiro atoms. The summed E-state index contributed by atoms with van der Waals surface area (Å²) in [6, 6.07) is 27.5. The Morgan fingerprint density at radius 1 is 0.806 bits per heavy atom. The second-order valence-electron chi connectivity index (χ2n) is 6.71. The van der Waals surface area contributed by atoms with Crippen LogP contribution in [-0.4, -0.2) is 11.6 Å². The van der Waals surface area contributed by atoms with Crippen molar-refractivity contribution in [2.75, 3.05) is 0 Å². The number of carbonyl (C=O) groups excluding carboxylic acids is 1. The van der Waals surface area contributed by atoms with Crippen LogP contribution in [0.4, 0.5) is 0 Å². The van der Waals surface area contributed by atoms with Crippen molar-refractivity contribution >= 4 is 56.8 Å². The number of carbonyl (C=O) groups is 1. The number of halogens is 1. The maximum Gasteiger partial charge on any atom is 0.283 e. The molecular weight excluding hydrogens is 424 g/mol. The fourth-order valence-electron chi connectivity index (χ4n) is 2.95. The lowest BCUT2D eigenvalue weighted by Gasteiger charge is -2.00. The molecule has 0 saturated carbocycles. The molecule has 0 radical (unpaired) electrons. The molecule has 31 heavy (non-hydrogen) atoms. The molecule has 4 rings (SSSR count). The highest BCUT2D eigenvalue weighted by molar-refractivity contribution is 7.21. The Morgan fingerprint density at radius 3 is 1.94 bits per heavy atom. The zero-order chi connectivity index (χ0) is 21.5. The molecule has 1 heterocycles. The van der Waals surface area contributed by atoms with Crippen molar-refractivity contribution in [2.45, 2.75) is 0 Å². The molecule has 0 atom stereocenters. The van der Waals surface area contributed by atoms with Crippen LogP contribution in [0.1, 0.15) is 20.8 Å². The first-order chi connectivity index (χ1) is 15.2. The number of nitrogens with one attached hydrogen (secondary N) is 1. The SMILES string of the molecule is O=C(NN=C(/C=C\c1ccccc1)/C=C\c1ccccc1)c1sc2ccccc2c1Cl. The lowest BCUT2D eigenvalue weighted by atomic mass is 10.1. The van der Waals surface area contributed by atoms with E-state index in [4.69, 9.17) is 11.6 Å². The van der Waals surface area contributed by atoms with Crippen molar-refractivity contribution in [3.05, 3.63) is 118 Å². The van der Waals surface area contributed by atoms with E-state index in [1.807, 2.05) is 109 Å². The molecule has 1 amide bonds. The predicted octanol–water partition coefficient (Wildman–Crippen LogP) is 7.07. The molecule has 0 fully saturated rings. The van der Waals surface area contributed by atoms with Crippen LogP contribution >= 0.6 is 22.9 Å². The zero-order valence-corrected chi connectivity index (χ0v) is 18.1. The van der Waals surface area contributed by atoms with Crippen LogP contribution in [0.5, 0.6) is 0 Å². The fraction of sp³-hybridized carbons (Fsp3) is 0. The average Bonchev–Trinajstić information content (AvgIpc) is 3.16. The van der Waals surface area contributed by atoms with Gasteiger partial charge in [0, 0.05) is 10.1 Å².